The van der Waals surface area contributed by atoms with Gasteiger partial charge in [0.25, 0.3) is 17.7 Å². The summed E-state index contributed by atoms with van der Waals surface area (Å²) in [4.78, 5) is 100. The Kier molecular flexibility index (Phi) is 39.0. The van der Waals surface area contributed by atoms with E-state index in [1.165, 1.54) is 12.8 Å². The lowest BCUT2D eigenvalue weighted by atomic mass is 9.93. The molecule has 3 amide bonds. The molecular weight excluding hydrogens is 1440 g/mol. The molecule has 3 aromatic rings. The van der Waals surface area contributed by atoms with Crippen molar-refractivity contribution in [3.05, 3.63) is 148 Å². The standard InChI is InChI=1S/C30H41ClN2O4.2C29H41ClN2O4/c1-5-12-25-14-9-6-8-13-21(2)17-24(32-36-20-27(34)33-15-10-7-11-16-33)19-26-28(30(35)37-25)22(3)18-23(4)29(26)31;2*1-4-13-24-15-10-7-5-6-9-14-23(31-35-20-26(33)32-16-11-8-12-17-32)19-25-27(29(34)36-24)21(2)18-22(3)28(25)30/h6,9,17-18,25H,5,7-8,10-16,19-20H2,1-4H3;2*7,10,18,24H,4-6,8-9,11-17,19-20H2,1-3H3/b9-6+,21-17+,32-24-;10-7+,31-23+;10-7+,31-23-. The van der Waals surface area contributed by atoms with Crippen LogP contribution >= 0.6 is 34.8 Å². The van der Waals surface area contributed by atoms with Gasteiger partial charge in [-0.3, -0.25) is 14.4 Å². The molecule has 18 nitrogen and oxygen atoms in total. The molecule has 3 unspecified atom stereocenters. The van der Waals surface area contributed by atoms with E-state index in [0.29, 0.717) is 81.6 Å². The molecule has 0 N–H and O–H groups in total. The van der Waals surface area contributed by atoms with Gasteiger partial charge in [0, 0.05) is 92.9 Å². The van der Waals surface area contributed by atoms with Crippen LogP contribution in [0.1, 0.15) is 289 Å². The topological polar surface area (TPSA) is 205 Å². The first kappa shape index (κ1) is 88.9. The van der Waals surface area contributed by atoms with Crippen LogP contribution in [0.4, 0.5) is 0 Å². The number of allylic oxidation sites excluding steroid dienone is 5. The van der Waals surface area contributed by atoms with Gasteiger partial charge in [0.15, 0.2) is 19.8 Å². The molecule has 6 aliphatic heterocycles. The second kappa shape index (κ2) is 47.8. The minimum absolute atomic E-state index is 0.0271. The maximum absolute atomic E-state index is 13.5. The van der Waals surface area contributed by atoms with Crippen LogP contribution in [0.15, 0.2) is 81.8 Å². The van der Waals surface area contributed by atoms with E-state index in [4.69, 9.17) is 63.5 Å². The van der Waals surface area contributed by atoms with Gasteiger partial charge in [-0.25, -0.2) is 14.4 Å². The number of carbonyl (C=O) groups excluding carboxylic acids is 6. The zero-order valence-corrected chi connectivity index (χ0v) is 69.3. The Morgan fingerprint density at radius 3 is 1.06 bits per heavy atom. The molecule has 3 fully saturated rings. The van der Waals surface area contributed by atoms with Gasteiger partial charge in [0.2, 0.25) is 0 Å². The molecule has 0 aromatic heterocycles. The summed E-state index contributed by atoms with van der Waals surface area (Å²) in [6, 6.07) is 5.79. The lowest BCUT2D eigenvalue weighted by Gasteiger charge is -2.26. The lowest BCUT2D eigenvalue weighted by molar-refractivity contribution is -0.137. The quantitative estimate of drug-likeness (QED) is 0.0603. The van der Waals surface area contributed by atoms with E-state index in [2.05, 4.69) is 79.6 Å². The van der Waals surface area contributed by atoms with Crippen molar-refractivity contribution >= 4 is 87.6 Å². The number of carbonyl (C=O) groups is 6. The molecule has 6 aliphatic rings. The van der Waals surface area contributed by atoms with Crippen molar-refractivity contribution in [3.8, 4) is 0 Å². The third kappa shape index (κ3) is 29.1. The molecule has 21 heteroatoms. The largest absolute Gasteiger partial charge is 0.458 e. The molecular formula is C88H123Cl3N6O12. The van der Waals surface area contributed by atoms with Gasteiger partial charge in [-0.2, -0.15) is 0 Å². The molecule has 0 bridgehead atoms. The molecule has 0 radical (unpaired) electrons. The number of hydrogen-bond donors (Lipinski definition) is 0. The monoisotopic (exact) mass is 1560 g/mol. The van der Waals surface area contributed by atoms with Crippen molar-refractivity contribution in [1.82, 2.24) is 14.7 Å². The Labute approximate surface area is 665 Å². The number of halogens is 3. The lowest BCUT2D eigenvalue weighted by Crippen LogP contribution is -2.37. The number of likely N-dealkylation sites (tertiary alicyclic amines) is 3. The fourth-order valence-corrected chi connectivity index (χ4v) is 15.6. The summed E-state index contributed by atoms with van der Waals surface area (Å²) in [5.74, 6) is -1.14. The number of piperidine rings is 3. The van der Waals surface area contributed by atoms with Crippen LogP contribution in [-0.2, 0) is 62.4 Å². The van der Waals surface area contributed by atoms with Gasteiger partial charge < -0.3 is 43.4 Å². The number of nitrogens with zero attached hydrogens (tertiary/aromatic N) is 6. The molecule has 3 atom stereocenters. The summed E-state index contributed by atoms with van der Waals surface area (Å²) in [5, 5.41) is 14.8. The average molecular weight is 1560 g/mol. The maximum Gasteiger partial charge on any atom is 0.339 e. The Morgan fingerprint density at radius 2 is 0.725 bits per heavy atom. The van der Waals surface area contributed by atoms with Crippen LogP contribution < -0.4 is 0 Å². The number of rotatable bonds is 15. The summed E-state index contributed by atoms with van der Waals surface area (Å²) in [7, 11) is 0. The van der Waals surface area contributed by atoms with Crippen molar-refractivity contribution in [2.75, 3.05) is 59.1 Å². The molecule has 0 spiro atoms. The Balaban J connectivity index is 0.000000228. The number of fused-ring (bicyclic) bond motifs is 3. The third-order valence-corrected chi connectivity index (χ3v) is 22.4. The minimum atomic E-state index is -0.362. The van der Waals surface area contributed by atoms with Crippen LogP contribution in [0.2, 0.25) is 15.1 Å². The maximum atomic E-state index is 13.5. The van der Waals surface area contributed by atoms with Crippen LogP contribution in [0, 0.1) is 41.5 Å². The molecule has 9 rings (SSSR count). The number of aryl methyl sites for hydroxylation is 6. The first-order chi connectivity index (χ1) is 52.6. The van der Waals surface area contributed by atoms with E-state index in [1.807, 2.05) is 80.5 Å². The molecule has 0 saturated carbocycles. The van der Waals surface area contributed by atoms with Crippen molar-refractivity contribution in [3.63, 3.8) is 0 Å². The predicted octanol–water partition coefficient (Wildman–Crippen LogP) is 20.4. The highest BCUT2D eigenvalue weighted by Crippen LogP contribution is 2.35. The van der Waals surface area contributed by atoms with E-state index in [9.17, 15) is 28.8 Å². The first-order valence-electron chi connectivity index (χ1n) is 40.6. The Morgan fingerprint density at radius 1 is 0.404 bits per heavy atom. The van der Waals surface area contributed by atoms with E-state index in [0.717, 1.165) is 248 Å². The number of benzene rings is 3. The SMILES string of the molecule is CCCC1C/C=C/CC/C(C)=C/C(=N/OCC(=O)N2CCCCC2)Cc2c(Cl)c(C)cc(C)c2C(=O)O1.CCCC1C/C=C/CCCC/C(=N/OCC(=O)N2CCCCC2)Cc2c(Cl)c(C)cc(C)c2C(=O)O1.CCCC1C/C=C/CCCC/C(=N\OCC(=O)N2CCCCC2)Cc2c(Cl)c(C)cc(C)c2C(=O)O1. The Bertz CT molecular complexity index is 3590. The highest BCUT2D eigenvalue weighted by molar-refractivity contribution is 6.34. The van der Waals surface area contributed by atoms with Gasteiger partial charge >= 0.3 is 17.9 Å². The zero-order chi connectivity index (χ0) is 78.6. The Hall–Kier alpha value is -7.28. The summed E-state index contributed by atoms with van der Waals surface area (Å²) in [6.07, 6.45) is 41.5. The number of oxime groups is 3. The number of esters is 3. The van der Waals surface area contributed by atoms with E-state index in [-0.39, 0.29) is 73.8 Å². The van der Waals surface area contributed by atoms with Gasteiger partial charge in [-0.05, 0) is 246 Å². The molecule has 6 heterocycles. The third-order valence-electron chi connectivity index (χ3n) is 20.9. The van der Waals surface area contributed by atoms with Crippen LogP contribution in [0.5, 0.6) is 0 Å². The first-order valence-corrected chi connectivity index (χ1v) is 41.7. The highest BCUT2D eigenvalue weighted by atomic mass is 35.5. The van der Waals surface area contributed by atoms with Crippen LogP contribution in [-0.4, -0.2) is 145 Å². The second-order valence-electron chi connectivity index (χ2n) is 30.2. The smallest absolute Gasteiger partial charge is 0.339 e. The molecule has 109 heavy (non-hydrogen) atoms. The van der Waals surface area contributed by atoms with Gasteiger partial charge in [-0.15, -0.1) is 0 Å². The second-order valence-corrected chi connectivity index (χ2v) is 31.3. The summed E-state index contributed by atoms with van der Waals surface area (Å²) < 4.78 is 18.0. The molecule has 0 aliphatic carbocycles. The average Bonchev–Trinajstić information content (AvgIpc) is 0.804. The van der Waals surface area contributed by atoms with Crippen LogP contribution in [0.3, 0.4) is 0 Å². The normalized spacial score (nSPS) is 22.2. The number of ether oxygens (including phenoxy) is 3. The zero-order valence-electron chi connectivity index (χ0n) is 67.0. The number of amides is 3. The summed E-state index contributed by atoms with van der Waals surface area (Å²) in [6.45, 7) is 24.4. The summed E-state index contributed by atoms with van der Waals surface area (Å²) in [5.41, 5.74) is 12.2. The fourth-order valence-electron chi connectivity index (χ4n) is 15.0. The van der Waals surface area contributed by atoms with Crippen molar-refractivity contribution in [2.24, 2.45) is 15.5 Å². The molecule has 3 aromatic carbocycles. The molecule has 3 saturated heterocycles. The minimum Gasteiger partial charge on any atom is -0.458 e. The highest BCUT2D eigenvalue weighted by Gasteiger charge is 2.30. The number of cyclic esters (lactones) is 3. The number of hydrogen-bond acceptors (Lipinski definition) is 15. The van der Waals surface area contributed by atoms with Gasteiger partial charge in [0.1, 0.15) is 18.3 Å². The van der Waals surface area contributed by atoms with Crippen molar-refractivity contribution in [2.45, 2.75) is 287 Å². The predicted molar refractivity (Wildman–Crippen MR) is 439 cm³/mol. The summed E-state index contributed by atoms with van der Waals surface area (Å²) >= 11 is 20.3. The van der Waals surface area contributed by atoms with Gasteiger partial charge in [-0.1, -0.05) is 151 Å². The van der Waals surface area contributed by atoms with Crippen molar-refractivity contribution in [1.29, 1.82) is 0 Å². The van der Waals surface area contributed by atoms with Crippen molar-refractivity contribution < 1.29 is 57.5 Å². The van der Waals surface area contributed by atoms with E-state index >= 15 is 0 Å². The van der Waals surface area contributed by atoms with Crippen LogP contribution in [0.25, 0.3) is 0 Å². The van der Waals surface area contributed by atoms with Gasteiger partial charge in [0.05, 0.1) is 33.8 Å². The van der Waals surface area contributed by atoms with E-state index < -0.39 is 0 Å². The fraction of sp³-hybridized carbons (Fsp3) is 0.602. The van der Waals surface area contributed by atoms with E-state index in [1.54, 1.807) is 0 Å². The molecule has 598 valence electrons.